The van der Waals surface area contributed by atoms with Gasteiger partial charge in [0.2, 0.25) is 5.91 Å². The number of methoxy groups -OCH3 is 2. The lowest BCUT2D eigenvalue weighted by atomic mass is 10.1. The van der Waals surface area contributed by atoms with E-state index in [1.807, 2.05) is 12.1 Å². The van der Waals surface area contributed by atoms with Crippen LogP contribution in [0.25, 0.3) is 0 Å². The van der Waals surface area contributed by atoms with Gasteiger partial charge in [-0.05, 0) is 24.1 Å². The minimum atomic E-state index is -1.15. The van der Waals surface area contributed by atoms with Crippen molar-refractivity contribution in [2.45, 2.75) is 6.42 Å². The van der Waals surface area contributed by atoms with Gasteiger partial charge in [-0.25, -0.2) is 4.79 Å². The Bertz CT molecular complexity index is 510. The molecule has 0 unspecified atom stereocenters. The van der Waals surface area contributed by atoms with E-state index in [0.717, 1.165) is 17.7 Å². The normalized spacial score (nSPS) is 10.3. The molecule has 1 aromatic rings. The zero-order valence-electron chi connectivity index (χ0n) is 11.4. The minimum Gasteiger partial charge on any atom is -0.493 e. The predicted molar refractivity (Wildman–Crippen MR) is 73.0 cm³/mol. The summed E-state index contributed by atoms with van der Waals surface area (Å²) in [6.07, 6.45) is 2.38. The fourth-order valence-corrected chi connectivity index (χ4v) is 1.57. The third-order valence-corrected chi connectivity index (χ3v) is 2.54. The molecule has 0 aliphatic heterocycles. The highest BCUT2D eigenvalue weighted by Gasteiger charge is 2.04. The molecule has 6 nitrogen and oxygen atoms in total. The van der Waals surface area contributed by atoms with Crippen molar-refractivity contribution in [3.8, 4) is 11.5 Å². The smallest absolute Gasteiger partial charge is 0.328 e. The molecular formula is C14H17NO5. The molecule has 2 N–H and O–H groups in total. The maximum absolute atomic E-state index is 11.3. The van der Waals surface area contributed by atoms with E-state index >= 15 is 0 Å². The summed E-state index contributed by atoms with van der Waals surface area (Å²) in [5.74, 6) is -0.320. The van der Waals surface area contributed by atoms with E-state index in [1.54, 1.807) is 20.3 Å². The van der Waals surface area contributed by atoms with E-state index in [2.05, 4.69) is 5.32 Å². The molecule has 0 aliphatic carbocycles. The summed E-state index contributed by atoms with van der Waals surface area (Å²) >= 11 is 0. The van der Waals surface area contributed by atoms with E-state index in [1.165, 1.54) is 0 Å². The van der Waals surface area contributed by atoms with Gasteiger partial charge in [-0.2, -0.15) is 0 Å². The second-order valence-corrected chi connectivity index (χ2v) is 3.90. The summed E-state index contributed by atoms with van der Waals surface area (Å²) in [5.41, 5.74) is 0.977. The minimum absolute atomic E-state index is 0.401. The van der Waals surface area contributed by atoms with Crippen molar-refractivity contribution in [3.63, 3.8) is 0 Å². The fraction of sp³-hybridized carbons (Fsp3) is 0.286. The lowest BCUT2D eigenvalue weighted by Crippen LogP contribution is -2.23. The van der Waals surface area contributed by atoms with E-state index in [4.69, 9.17) is 14.6 Å². The number of amides is 1. The molecule has 0 atom stereocenters. The topological polar surface area (TPSA) is 84.9 Å². The molecule has 1 aromatic carbocycles. The van der Waals surface area contributed by atoms with Crippen molar-refractivity contribution in [1.29, 1.82) is 0 Å². The van der Waals surface area contributed by atoms with Crippen molar-refractivity contribution in [2.75, 3.05) is 20.8 Å². The Morgan fingerprint density at radius 1 is 1.20 bits per heavy atom. The number of carbonyl (C=O) groups is 2. The van der Waals surface area contributed by atoms with Crippen LogP contribution in [0.15, 0.2) is 30.4 Å². The molecule has 6 heteroatoms. The van der Waals surface area contributed by atoms with E-state index in [9.17, 15) is 9.59 Å². The first-order valence-electron chi connectivity index (χ1n) is 5.96. The van der Waals surface area contributed by atoms with Crippen LogP contribution in [0.4, 0.5) is 0 Å². The van der Waals surface area contributed by atoms with Crippen molar-refractivity contribution >= 4 is 11.9 Å². The zero-order valence-corrected chi connectivity index (χ0v) is 11.4. The molecule has 0 bridgehead atoms. The molecule has 0 fully saturated rings. The van der Waals surface area contributed by atoms with Gasteiger partial charge < -0.3 is 19.9 Å². The number of benzene rings is 1. The second kappa shape index (κ2) is 7.83. The number of hydrogen-bond acceptors (Lipinski definition) is 4. The number of rotatable bonds is 7. The molecular weight excluding hydrogens is 262 g/mol. The number of nitrogens with one attached hydrogen (secondary N) is 1. The summed E-state index contributed by atoms with van der Waals surface area (Å²) in [4.78, 5) is 21.5. The summed E-state index contributed by atoms with van der Waals surface area (Å²) in [5, 5.41) is 11.0. The highest BCUT2D eigenvalue weighted by molar-refractivity contribution is 5.93. The van der Waals surface area contributed by atoms with E-state index in [-0.39, 0.29) is 0 Å². The van der Waals surface area contributed by atoms with Gasteiger partial charge in [-0.3, -0.25) is 4.79 Å². The van der Waals surface area contributed by atoms with Crippen LogP contribution in [-0.2, 0) is 16.0 Å². The predicted octanol–water partition coefficient (Wildman–Crippen LogP) is 1.00. The standard InChI is InChI=1S/C14H17NO5/c1-19-11-4-3-10(9-12(11)20-2)7-8-15-13(16)5-6-14(17)18/h3-6,9H,7-8H2,1-2H3,(H,15,16)(H,17,18)/b6-5-. The Hall–Kier alpha value is -2.50. The number of hydrogen-bond donors (Lipinski definition) is 2. The lowest BCUT2D eigenvalue weighted by Gasteiger charge is -2.09. The van der Waals surface area contributed by atoms with Gasteiger partial charge in [0.25, 0.3) is 0 Å². The number of carbonyl (C=O) groups excluding carboxylic acids is 1. The number of ether oxygens (including phenoxy) is 2. The maximum Gasteiger partial charge on any atom is 0.328 e. The van der Waals surface area contributed by atoms with Gasteiger partial charge in [0.15, 0.2) is 11.5 Å². The maximum atomic E-state index is 11.3. The van der Waals surface area contributed by atoms with Crippen LogP contribution in [-0.4, -0.2) is 37.7 Å². The monoisotopic (exact) mass is 279 g/mol. The number of carboxylic acids is 1. The van der Waals surface area contributed by atoms with Gasteiger partial charge in [0.05, 0.1) is 14.2 Å². The molecule has 0 saturated heterocycles. The molecule has 108 valence electrons. The van der Waals surface area contributed by atoms with Crippen molar-refractivity contribution in [1.82, 2.24) is 5.32 Å². The Kier molecular flexibility index (Phi) is 6.09. The molecule has 20 heavy (non-hydrogen) atoms. The van der Waals surface area contributed by atoms with Gasteiger partial charge in [-0.1, -0.05) is 6.07 Å². The van der Waals surface area contributed by atoms with Crippen LogP contribution in [0.3, 0.4) is 0 Å². The van der Waals surface area contributed by atoms with Crippen LogP contribution >= 0.6 is 0 Å². The van der Waals surface area contributed by atoms with Gasteiger partial charge in [0.1, 0.15) is 0 Å². The highest BCUT2D eigenvalue weighted by Crippen LogP contribution is 2.27. The average molecular weight is 279 g/mol. The van der Waals surface area contributed by atoms with E-state index < -0.39 is 11.9 Å². The van der Waals surface area contributed by atoms with E-state index in [0.29, 0.717) is 24.5 Å². The number of carboxylic acid groups (broad SMARTS) is 1. The van der Waals surface area contributed by atoms with Crippen LogP contribution < -0.4 is 14.8 Å². The quantitative estimate of drug-likeness (QED) is 0.727. The first-order chi connectivity index (χ1) is 9.56. The van der Waals surface area contributed by atoms with Gasteiger partial charge in [0, 0.05) is 18.7 Å². The largest absolute Gasteiger partial charge is 0.493 e. The average Bonchev–Trinajstić information content (AvgIpc) is 2.44. The molecule has 0 aliphatic rings. The summed E-state index contributed by atoms with van der Waals surface area (Å²) < 4.78 is 10.3. The second-order valence-electron chi connectivity index (χ2n) is 3.90. The molecule has 0 heterocycles. The Balaban J connectivity index is 2.50. The Morgan fingerprint density at radius 3 is 2.50 bits per heavy atom. The third kappa shape index (κ3) is 5.01. The molecule has 1 amide bonds. The summed E-state index contributed by atoms with van der Waals surface area (Å²) in [6.45, 7) is 0.401. The van der Waals surface area contributed by atoms with Crippen molar-refractivity contribution in [3.05, 3.63) is 35.9 Å². The number of aliphatic carboxylic acids is 1. The molecule has 0 saturated carbocycles. The summed E-state index contributed by atoms with van der Waals surface area (Å²) in [6, 6.07) is 5.50. The lowest BCUT2D eigenvalue weighted by molar-refractivity contribution is -0.131. The van der Waals surface area contributed by atoms with Gasteiger partial charge >= 0.3 is 5.97 Å². The highest BCUT2D eigenvalue weighted by atomic mass is 16.5. The Labute approximate surface area is 117 Å². The Morgan fingerprint density at radius 2 is 1.90 bits per heavy atom. The zero-order chi connectivity index (χ0) is 15.0. The molecule has 0 radical (unpaired) electrons. The van der Waals surface area contributed by atoms with Crippen LogP contribution in [0.5, 0.6) is 11.5 Å². The molecule has 1 rings (SSSR count). The van der Waals surface area contributed by atoms with Gasteiger partial charge in [-0.15, -0.1) is 0 Å². The molecule has 0 aromatic heterocycles. The SMILES string of the molecule is COc1ccc(CCNC(=O)/C=C\C(=O)O)cc1OC. The van der Waals surface area contributed by atoms with Crippen LogP contribution in [0.1, 0.15) is 5.56 Å². The third-order valence-electron chi connectivity index (χ3n) is 2.54. The summed E-state index contributed by atoms with van der Waals surface area (Å²) in [7, 11) is 3.12. The van der Waals surface area contributed by atoms with Crippen LogP contribution in [0, 0.1) is 0 Å². The fourth-order valence-electron chi connectivity index (χ4n) is 1.57. The first kappa shape index (κ1) is 15.6. The van der Waals surface area contributed by atoms with Crippen LogP contribution in [0.2, 0.25) is 0 Å². The van der Waals surface area contributed by atoms with Crippen molar-refractivity contribution in [2.24, 2.45) is 0 Å². The molecule has 0 spiro atoms. The first-order valence-corrected chi connectivity index (χ1v) is 5.96. The van der Waals surface area contributed by atoms with Crippen molar-refractivity contribution < 1.29 is 24.2 Å².